The van der Waals surface area contributed by atoms with Gasteiger partial charge < -0.3 is 15.0 Å². The van der Waals surface area contributed by atoms with Crippen LogP contribution < -0.4 is 5.32 Å². The fourth-order valence-corrected chi connectivity index (χ4v) is 3.45. The predicted molar refractivity (Wildman–Crippen MR) is 113 cm³/mol. The van der Waals surface area contributed by atoms with Crippen molar-refractivity contribution in [2.75, 3.05) is 19.7 Å². The number of amides is 2. The Balaban J connectivity index is 1.70. The van der Waals surface area contributed by atoms with E-state index in [-0.39, 0.29) is 36.4 Å². The molecule has 0 spiro atoms. The molecule has 0 aromatic heterocycles. The Kier molecular flexibility index (Phi) is 8.96. The van der Waals surface area contributed by atoms with E-state index in [1.807, 2.05) is 6.92 Å². The van der Waals surface area contributed by atoms with Gasteiger partial charge in [0.25, 0.3) is 11.8 Å². The summed E-state index contributed by atoms with van der Waals surface area (Å²) in [7, 11) is 0. The highest BCUT2D eigenvalue weighted by atomic mass is 35.5. The zero-order valence-electron chi connectivity index (χ0n) is 17.4. The van der Waals surface area contributed by atoms with Gasteiger partial charge in [-0.15, -0.1) is 0 Å². The number of carbonyl (C=O) groups is 3. The smallest absolute Gasteiger partial charge is 0.309 e. The largest absolute Gasteiger partial charge is 0.455 e. The van der Waals surface area contributed by atoms with Crippen LogP contribution in [0.15, 0.2) is 24.3 Å². The minimum atomic E-state index is -0.367. The van der Waals surface area contributed by atoms with Crippen molar-refractivity contribution in [2.24, 2.45) is 11.8 Å². The van der Waals surface area contributed by atoms with Crippen LogP contribution in [0.1, 0.15) is 56.8 Å². The van der Waals surface area contributed by atoms with Crippen molar-refractivity contribution in [1.82, 2.24) is 10.2 Å². The third-order valence-electron chi connectivity index (χ3n) is 5.14. The molecule has 1 aliphatic rings. The molecule has 1 aliphatic heterocycles. The molecule has 0 unspecified atom stereocenters. The van der Waals surface area contributed by atoms with Crippen molar-refractivity contribution >= 4 is 29.4 Å². The van der Waals surface area contributed by atoms with Gasteiger partial charge in [0.1, 0.15) is 0 Å². The first-order chi connectivity index (χ1) is 13.8. The highest BCUT2D eigenvalue weighted by molar-refractivity contribution is 6.30. The Labute approximate surface area is 177 Å². The fraction of sp³-hybridized carbons (Fsp3) is 0.591. The van der Waals surface area contributed by atoms with E-state index in [1.54, 1.807) is 29.2 Å². The lowest BCUT2D eigenvalue weighted by molar-refractivity contribution is -0.154. The van der Waals surface area contributed by atoms with E-state index >= 15 is 0 Å². The number of nitrogens with one attached hydrogen (secondary N) is 1. The monoisotopic (exact) mass is 422 g/mol. The quantitative estimate of drug-likeness (QED) is 0.648. The summed E-state index contributed by atoms with van der Waals surface area (Å²) in [6, 6.07) is 6.84. The van der Waals surface area contributed by atoms with Gasteiger partial charge in [-0.3, -0.25) is 14.4 Å². The maximum absolute atomic E-state index is 12.5. The fourth-order valence-electron chi connectivity index (χ4n) is 3.32. The molecular formula is C22H31ClN2O4. The molecule has 1 fully saturated rings. The molecule has 0 bridgehead atoms. The molecular weight excluding hydrogens is 392 g/mol. The zero-order chi connectivity index (χ0) is 21.4. The van der Waals surface area contributed by atoms with Gasteiger partial charge in [-0.05, 0) is 62.8 Å². The molecule has 160 valence electrons. The van der Waals surface area contributed by atoms with Crippen molar-refractivity contribution in [3.8, 4) is 0 Å². The predicted octanol–water partition coefficient (Wildman–Crippen LogP) is 3.68. The summed E-state index contributed by atoms with van der Waals surface area (Å²) in [4.78, 5) is 38.5. The van der Waals surface area contributed by atoms with Crippen LogP contribution >= 0.6 is 11.6 Å². The number of rotatable bonds is 8. The minimum Gasteiger partial charge on any atom is -0.455 e. The van der Waals surface area contributed by atoms with Crippen LogP contribution in [0.2, 0.25) is 5.02 Å². The zero-order valence-corrected chi connectivity index (χ0v) is 18.2. The van der Waals surface area contributed by atoms with Crippen LogP contribution in [-0.4, -0.2) is 48.4 Å². The van der Waals surface area contributed by atoms with Crippen LogP contribution in [0.5, 0.6) is 0 Å². The third-order valence-corrected chi connectivity index (χ3v) is 5.39. The summed E-state index contributed by atoms with van der Waals surface area (Å²) in [5.41, 5.74) is 0.582. The lowest BCUT2D eigenvalue weighted by Gasteiger charge is -2.31. The Hall–Kier alpha value is -2.08. The second kappa shape index (κ2) is 11.2. The van der Waals surface area contributed by atoms with Crippen molar-refractivity contribution in [2.45, 2.75) is 52.5 Å². The van der Waals surface area contributed by atoms with Crippen LogP contribution in [0.3, 0.4) is 0 Å². The molecule has 0 radical (unpaired) electrons. The van der Waals surface area contributed by atoms with Gasteiger partial charge in [0, 0.05) is 29.7 Å². The van der Waals surface area contributed by atoms with E-state index in [2.05, 4.69) is 19.2 Å². The first-order valence-electron chi connectivity index (χ1n) is 10.3. The number of piperidine rings is 1. The highest BCUT2D eigenvalue weighted by Crippen LogP contribution is 2.21. The lowest BCUT2D eigenvalue weighted by Crippen LogP contribution is -2.41. The Morgan fingerprint density at radius 2 is 1.72 bits per heavy atom. The summed E-state index contributed by atoms with van der Waals surface area (Å²) in [6.45, 7) is 6.96. The van der Waals surface area contributed by atoms with Crippen molar-refractivity contribution in [3.05, 3.63) is 34.9 Å². The molecule has 6 nitrogen and oxygen atoms in total. The van der Waals surface area contributed by atoms with Gasteiger partial charge in [0.05, 0.1) is 5.92 Å². The summed E-state index contributed by atoms with van der Waals surface area (Å²) in [5, 5.41) is 3.44. The van der Waals surface area contributed by atoms with E-state index in [0.717, 1.165) is 12.8 Å². The number of esters is 1. The third kappa shape index (κ3) is 7.69. The second-order valence-corrected chi connectivity index (χ2v) is 8.56. The first-order valence-corrected chi connectivity index (χ1v) is 10.6. The van der Waals surface area contributed by atoms with Crippen molar-refractivity contribution in [3.63, 3.8) is 0 Å². The molecule has 0 saturated carbocycles. The molecule has 7 heteroatoms. The average Bonchev–Trinajstić information content (AvgIpc) is 2.70. The Morgan fingerprint density at radius 1 is 1.10 bits per heavy atom. The van der Waals surface area contributed by atoms with Gasteiger partial charge in [-0.2, -0.15) is 0 Å². The SMILES string of the molecule is CC(C)CC[C@H](C)NC(=O)COC(=O)C1CCN(C(=O)c2ccc(Cl)cc2)CC1. The van der Waals surface area contributed by atoms with Crippen molar-refractivity contribution in [1.29, 1.82) is 0 Å². The molecule has 1 heterocycles. The summed E-state index contributed by atoms with van der Waals surface area (Å²) in [6.07, 6.45) is 3.00. The number of halogens is 1. The van der Waals surface area contributed by atoms with Crippen LogP contribution in [0.4, 0.5) is 0 Å². The van der Waals surface area contributed by atoms with Gasteiger partial charge in [0.2, 0.25) is 0 Å². The molecule has 1 saturated heterocycles. The maximum Gasteiger partial charge on any atom is 0.309 e. The number of ether oxygens (including phenoxy) is 1. The summed E-state index contributed by atoms with van der Waals surface area (Å²) >= 11 is 5.86. The number of nitrogens with zero attached hydrogens (tertiary/aromatic N) is 1. The maximum atomic E-state index is 12.5. The first kappa shape index (κ1) is 23.2. The molecule has 1 N–H and O–H groups in total. The van der Waals surface area contributed by atoms with Crippen LogP contribution in [0.25, 0.3) is 0 Å². The topological polar surface area (TPSA) is 75.7 Å². The molecule has 29 heavy (non-hydrogen) atoms. The van der Waals surface area contributed by atoms with Gasteiger partial charge in [-0.1, -0.05) is 25.4 Å². The number of benzene rings is 1. The normalized spacial score (nSPS) is 15.8. The highest BCUT2D eigenvalue weighted by Gasteiger charge is 2.29. The summed E-state index contributed by atoms with van der Waals surface area (Å²) in [5.74, 6) is -0.401. The summed E-state index contributed by atoms with van der Waals surface area (Å²) < 4.78 is 5.19. The lowest BCUT2D eigenvalue weighted by atomic mass is 9.96. The minimum absolute atomic E-state index is 0.0609. The number of carbonyl (C=O) groups excluding carboxylic acids is 3. The van der Waals surface area contributed by atoms with E-state index in [0.29, 0.717) is 42.4 Å². The van der Waals surface area contributed by atoms with Gasteiger partial charge in [-0.25, -0.2) is 0 Å². The molecule has 2 rings (SSSR count). The Bertz CT molecular complexity index is 697. The van der Waals surface area contributed by atoms with Gasteiger partial charge in [0.15, 0.2) is 6.61 Å². The second-order valence-electron chi connectivity index (χ2n) is 8.12. The number of hydrogen-bond acceptors (Lipinski definition) is 4. The van der Waals surface area contributed by atoms with E-state index in [9.17, 15) is 14.4 Å². The van der Waals surface area contributed by atoms with E-state index in [1.165, 1.54) is 0 Å². The molecule has 2 amide bonds. The average molecular weight is 423 g/mol. The standard InChI is InChI=1S/C22H31ClN2O4/c1-15(2)4-5-16(3)24-20(26)14-29-22(28)18-10-12-25(13-11-18)21(27)17-6-8-19(23)9-7-17/h6-9,15-16,18H,4-5,10-14H2,1-3H3,(H,24,26)/t16-/m0/s1. The molecule has 1 aromatic carbocycles. The number of likely N-dealkylation sites (tertiary alicyclic amines) is 1. The van der Waals surface area contributed by atoms with Gasteiger partial charge >= 0.3 is 5.97 Å². The van der Waals surface area contributed by atoms with Crippen LogP contribution in [-0.2, 0) is 14.3 Å². The number of hydrogen-bond donors (Lipinski definition) is 1. The Morgan fingerprint density at radius 3 is 2.31 bits per heavy atom. The van der Waals surface area contributed by atoms with Crippen molar-refractivity contribution < 1.29 is 19.1 Å². The molecule has 1 atom stereocenters. The van der Waals surface area contributed by atoms with Crippen LogP contribution in [0, 0.1) is 11.8 Å². The van der Waals surface area contributed by atoms with E-state index < -0.39 is 0 Å². The van der Waals surface area contributed by atoms with E-state index in [4.69, 9.17) is 16.3 Å². The molecule has 0 aliphatic carbocycles. The molecule has 1 aromatic rings.